The van der Waals surface area contributed by atoms with Gasteiger partial charge in [0, 0.05) is 49.8 Å². The predicted molar refractivity (Wildman–Crippen MR) is 78.1 cm³/mol. The Morgan fingerprint density at radius 1 is 1.52 bits per heavy atom. The van der Waals surface area contributed by atoms with Crippen molar-refractivity contribution in [3.8, 4) is 0 Å². The van der Waals surface area contributed by atoms with E-state index in [9.17, 15) is 9.59 Å². The SMILES string of the molecule is CCC(=O)N1CC[C@@]2(C[C@@H]2C(=O)NCc2cccnc2)C1. The molecule has 1 saturated carbocycles. The topological polar surface area (TPSA) is 62.3 Å². The number of hydrogen-bond acceptors (Lipinski definition) is 3. The van der Waals surface area contributed by atoms with Crippen LogP contribution in [0.3, 0.4) is 0 Å². The standard InChI is InChI=1S/C16H21N3O2/c1-2-14(20)19-7-5-16(11-19)8-13(16)15(21)18-10-12-4-3-6-17-9-12/h3-4,6,9,13H,2,5,7-8,10-11H2,1H3,(H,18,21)/t13-,16-/m1/s1. The van der Waals surface area contributed by atoms with Gasteiger partial charge >= 0.3 is 0 Å². The highest BCUT2D eigenvalue weighted by atomic mass is 16.2. The lowest BCUT2D eigenvalue weighted by Gasteiger charge is -2.15. The summed E-state index contributed by atoms with van der Waals surface area (Å²) in [5.74, 6) is 0.391. The number of amides is 2. The first-order valence-electron chi connectivity index (χ1n) is 7.59. The van der Waals surface area contributed by atoms with Gasteiger partial charge in [0.15, 0.2) is 0 Å². The molecule has 2 atom stereocenters. The first kappa shape index (κ1) is 14.0. The van der Waals surface area contributed by atoms with Crippen LogP contribution in [0.15, 0.2) is 24.5 Å². The molecule has 5 heteroatoms. The van der Waals surface area contributed by atoms with Crippen molar-refractivity contribution in [2.45, 2.75) is 32.7 Å². The molecule has 1 aliphatic carbocycles. The number of rotatable bonds is 4. The Kier molecular flexibility index (Phi) is 3.66. The van der Waals surface area contributed by atoms with Gasteiger partial charge in [0.25, 0.3) is 0 Å². The first-order valence-corrected chi connectivity index (χ1v) is 7.59. The van der Waals surface area contributed by atoms with Crippen LogP contribution < -0.4 is 5.32 Å². The third-order valence-corrected chi connectivity index (χ3v) is 4.74. The number of carbonyl (C=O) groups is 2. The van der Waals surface area contributed by atoms with Gasteiger partial charge in [-0.25, -0.2) is 0 Å². The molecule has 2 amide bonds. The summed E-state index contributed by atoms with van der Waals surface area (Å²) in [5.41, 5.74) is 1.07. The molecule has 21 heavy (non-hydrogen) atoms. The highest BCUT2D eigenvalue weighted by Gasteiger charge is 2.61. The van der Waals surface area contributed by atoms with Crippen LogP contribution in [0.1, 0.15) is 31.7 Å². The number of nitrogens with one attached hydrogen (secondary N) is 1. The Morgan fingerprint density at radius 2 is 2.38 bits per heavy atom. The van der Waals surface area contributed by atoms with Crippen molar-refractivity contribution in [2.75, 3.05) is 13.1 Å². The van der Waals surface area contributed by atoms with E-state index >= 15 is 0 Å². The first-order chi connectivity index (χ1) is 10.1. The molecule has 1 aromatic heterocycles. The minimum Gasteiger partial charge on any atom is -0.352 e. The van der Waals surface area contributed by atoms with Gasteiger partial charge in [0.2, 0.25) is 11.8 Å². The van der Waals surface area contributed by atoms with Crippen molar-refractivity contribution in [3.05, 3.63) is 30.1 Å². The van der Waals surface area contributed by atoms with E-state index in [1.807, 2.05) is 24.0 Å². The Labute approximate surface area is 124 Å². The molecule has 1 aromatic rings. The summed E-state index contributed by atoms with van der Waals surface area (Å²) in [6, 6.07) is 3.82. The molecule has 5 nitrogen and oxygen atoms in total. The van der Waals surface area contributed by atoms with E-state index in [1.165, 1.54) is 0 Å². The van der Waals surface area contributed by atoms with Gasteiger partial charge in [-0.05, 0) is 24.5 Å². The summed E-state index contributed by atoms with van der Waals surface area (Å²) in [6.07, 6.45) is 5.91. The van der Waals surface area contributed by atoms with E-state index in [1.54, 1.807) is 12.4 Å². The Bertz CT molecular complexity index is 546. The molecule has 2 aliphatic rings. The normalized spacial score (nSPS) is 26.9. The molecule has 1 saturated heterocycles. The zero-order valence-electron chi connectivity index (χ0n) is 12.3. The minimum absolute atomic E-state index is 0.0594. The number of pyridine rings is 1. The molecule has 0 radical (unpaired) electrons. The third kappa shape index (κ3) is 2.77. The summed E-state index contributed by atoms with van der Waals surface area (Å²) in [4.78, 5) is 29.9. The van der Waals surface area contributed by atoms with Gasteiger partial charge in [-0.3, -0.25) is 14.6 Å². The molecule has 1 aliphatic heterocycles. The summed E-state index contributed by atoms with van der Waals surface area (Å²) in [7, 11) is 0. The number of hydrogen-bond donors (Lipinski definition) is 1. The Hall–Kier alpha value is -1.91. The van der Waals surface area contributed by atoms with Crippen LogP contribution in [0.4, 0.5) is 0 Å². The van der Waals surface area contributed by atoms with E-state index in [4.69, 9.17) is 0 Å². The van der Waals surface area contributed by atoms with Crippen molar-refractivity contribution >= 4 is 11.8 Å². The average Bonchev–Trinajstić information content (AvgIpc) is 3.05. The second-order valence-electron chi connectivity index (χ2n) is 6.12. The van der Waals surface area contributed by atoms with E-state index in [0.717, 1.165) is 31.5 Å². The van der Waals surface area contributed by atoms with Crippen LogP contribution in [0.5, 0.6) is 0 Å². The number of nitrogens with zero attached hydrogens (tertiary/aromatic N) is 2. The van der Waals surface area contributed by atoms with E-state index in [2.05, 4.69) is 10.3 Å². The molecule has 1 N–H and O–H groups in total. The molecule has 0 unspecified atom stereocenters. The van der Waals surface area contributed by atoms with E-state index in [-0.39, 0.29) is 23.1 Å². The zero-order chi connectivity index (χ0) is 14.9. The maximum absolute atomic E-state index is 12.3. The van der Waals surface area contributed by atoms with Crippen molar-refractivity contribution in [2.24, 2.45) is 11.3 Å². The van der Waals surface area contributed by atoms with E-state index < -0.39 is 0 Å². The summed E-state index contributed by atoms with van der Waals surface area (Å²) in [6.45, 7) is 3.97. The Balaban J connectivity index is 1.51. The molecule has 3 rings (SSSR count). The lowest BCUT2D eigenvalue weighted by Crippen LogP contribution is -2.30. The smallest absolute Gasteiger partial charge is 0.224 e. The van der Waals surface area contributed by atoms with Crippen molar-refractivity contribution in [3.63, 3.8) is 0 Å². The molecule has 0 aromatic carbocycles. The summed E-state index contributed by atoms with van der Waals surface area (Å²) < 4.78 is 0. The van der Waals surface area contributed by atoms with Gasteiger partial charge < -0.3 is 10.2 Å². The fraction of sp³-hybridized carbons (Fsp3) is 0.562. The maximum Gasteiger partial charge on any atom is 0.224 e. The second kappa shape index (κ2) is 5.47. The fourth-order valence-corrected chi connectivity index (χ4v) is 3.32. The van der Waals surface area contributed by atoms with Gasteiger partial charge in [0.05, 0.1) is 0 Å². The van der Waals surface area contributed by atoms with E-state index in [0.29, 0.717) is 13.0 Å². The fourth-order valence-electron chi connectivity index (χ4n) is 3.32. The van der Waals surface area contributed by atoms with Gasteiger partial charge in [0.1, 0.15) is 0 Å². The van der Waals surface area contributed by atoms with Gasteiger partial charge in [-0.15, -0.1) is 0 Å². The molecule has 2 heterocycles. The minimum atomic E-state index is 0.0594. The Morgan fingerprint density at radius 3 is 3.10 bits per heavy atom. The number of carbonyl (C=O) groups excluding carboxylic acids is 2. The van der Waals surface area contributed by atoms with Crippen molar-refractivity contribution in [1.82, 2.24) is 15.2 Å². The molecule has 1 spiro atoms. The monoisotopic (exact) mass is 287 g/mol. The van der Waals surface area contributed by atoms with Gasteiger partial charge in [-0.1, -0.05) is 13.0 Å². The van der Waals surface area contributed by atoms with Gasteiger partial charge in [-0.2, -0.15) is 0 Å². The molecular formula is C16H21N3O2. The summed E-state index contributed by atoms with van der Waals surface area (Å²) >= 11 is 0. The predicted octanol–water partition coefficient (Wildman–Crippen LogP) is 1.35. The number of likely N-dealkylation sites (tertiary alicyclic amines) is 1. The summed E-state index contributed by atoms with van der Waals surface area (Å²) in [5, 5.41) is 2.99. The van der Waals surface area contributed by atoms with Crippen molar-refractivity contribution in [1.29, 1.82) is 0 Å². The maximum atomic E-state index is 12.3. The largest absolute Gasteiger partial charge is 0.352 e. The second-order valence-corrected chi connectivity index (χ2v) is 6.12. The molecule has 0 bridgehead atoms. The van der Waals surface area contributed by atoms with Crippen LogP contribution in [0.25, 0.3) is 0 Å². The third-order valence-electron chi connectivity index (χ3n) is 4.74. The average molecular weight is 287 g/mol. The molecule has 2 fully saturated rings. The van der Waals surface area contributed by atoms with Crippen LogP contribution in [-0.4, -0.2) is 34.8 Å². The quantitative estimate of drug-likeness (QED) is 0.909. The lowest BCUT2D eigenvalue weighted by molar-refractivity contribution is -0.130. The lowest BCUT2D eigenvalue weighted by atomic mass is 10.0. The zero-order valence-corrected chi connectivity index (χ0v) is 12.3. The van der Waals surface area contributed by atoms with Crippen LogP contribution >= 0.6 is 0 Å². The highest BCUT2D eigenvalue weighted by molar-refractivity contribution is 5.83. The van der Waals surface area contributed by atoms with Crippen LogP contribution in [0.2, 0.25) is 0 Å². The highest BCUT2D eigenvalue weighted by Crippen LogP contribution is 2.58. The van der Waals surface area contributed by atoms with Crippen molar-refractivity contribution < 1.29 is 9.59 Å². The van der Waals surface area contributed by atoms with Crippen LogP contribution in [0, 0.1) is 11.3 Å². The molecular weight excluding hydrogens is 266 g/mol. The number of aromatic nitrogens is 1. The molecule has 112 valence electrons. The van der Waals surface area contributed by atoms with Crippen LogP contribution in [-0.2, 0) is 16.1 Å².